The summed E-state index contributed by atoms with van der Waals surface area (Å²) in [6, 6.07) is 16.6. The molecule has 6 heteroatoms. The Hall–Kier alpha value is -2.02. The molecule has 0 unspecified atom stereocenters. The quantitative estimate of drug-likeness (QED) is 0.277. The van der Waals surface area contributed by atoms with E-state index >= 15 is 0 Å². The minimum atomic E-state index is -0.0605. The van der Waals surface area contributed by atoms with Gasteiger partial charge in [0, 0.05) is 33.6 Å². The summed E-state index contributed by atoms with van der Waals surface area (Å²) in [5, 5.41) is 1.14. The summed E-state index contributed by atoms with van der Waals surface area (Å²) in [4.78, 5) is 16.5. The first-order valence-corrected chi connectivity index (χ1v) is 11.5. The monoisotopic (exact) mass is 424 g/mol. The molecule has 0 N–H and O–H groups in total. The molecule has 142 valence electrons. The summed E-state index contributed by atoms with van der Waals surface area (Å²) < 4.78 is 2.81. The van der Waals surface area contributed by atoms with Gasteiger partial charge in [0.25, 0.3) is 5.91 Å². The van der Waals surface area contributed by atoms with Crippen LogP contribution < -0.4 is 4.90 Å². The van der Waals surface area contributed by atoms with Crippen LogP contribution >= 0.6 is 35.7 Å². The Kier molecular flexibility index (Phi) is 5.36. The second-order valence-electron chi connectivity index (χ2n) is 6.82. The van der Waals surface area contributed by atoms with Crippen LogP contribution in [0, 0.1) is 0 Å². The Morgan fingerprint density at radius 1 is 1.14 bits per heavy atom. The maximum Gasteiger partial charge on any atom is 0.270 e. The Morgan fingerprint density at radius 2 is 1.93 bits per heavy atom. The fourth-order valence-electron chi connectivity index (χ4n) is 3.36. The Bertz CT molecular complexity index is 1110. The SMILES string of the molecule is CSc1cccc(N2C(=O)/C(=C\c3cn(C(C)C)c4ccccc34)SC2=S)c1. The number of aromatic nitrogens is 1. The summed E-state index contributed by atoms with van der Waals surface area (Å²) in [7, 11) is 0. The third-order valence-corrected chi connectivity index (χ3v) is 6.75. The van der Waals surface area contributed by atoms with Crippen LogP contribution in [0.2, 0.25) is 0 Å². The van der Waals surface area contributed by atoms with E-state index in [2.05, 4.69) is 36.7 Å². The van der Waals surface area contributed by atoms with E-state index < -0.39 is 0 Å². The molecule has 1 fully saturated rings. The number of carbonyl (C=O) groups excluding carboxylic acids is 1. The number of anilines is 1. The molecule has 1 aliphatic heterocycles. The van der Waals surface area contributed by atoms with Crippen LogP contribution in [0.25, 0.3) is 17.0 Å². The van der Waals surface area contributed by atoms with Crippen molar-refractivity contribution in [2.24, 2.45) is 0 Å². The molecule has 0 aliphatic carbocycles. The first kappa shape index (κ1) is 19.3. The van der Waals surface area contributed by atoms with E-state index in [1.165, 1.54) is 17.3 Å². The van der Waals surface area contributed by atoms with Gasteiger partial charge in [-0.15, -0.1) is 11.8 Å². The number of thiocarbonyl (C=S) groups is 1. The van der Waals surface area contributed by atoms with Gasteiger partial charge in [-0.2, -0.15) is 0 Å². The maximum atomic E-state index is 13.1. The molecule has 28 heavy (non-hydrogen) atoms. The van der Waals surface area contributed by atoms with E-state index in [0.29, 0.717) is 15.3 Å². The van der Waals surface area contributed by atoms with Crippen LogP contribution in [0.4, 0.5) is 5.69 Å². The predicted octanol–water partition coefficient (Wildman–Crippen LogP) is 6.35. The fourth-order valence-corrected chi connectivity index (χ4v) is 5.10. The van der Waals surface area contributed by atoms with Crippen LogP contribution in [0.3, 0.4) is 0 Å². The highest BCUT2D eigenvalue weighted by Gasteiger charge is 2.33. The molecule has 0 spiro atoms. The van der Waals surface area contributed by atoms with Gasteiger partial charge in [0.1, 0.15) is 0 Å². The number of thioether (sulfide) groups is 2. The first-order valence-electron chi connectivity index (χ1n) is 9.01. The smallest absolute Gasteiger partial charge is 0.270 e. The number of nitrogens with zero attached hydrogens (tertiary/aromatic N) is 2. The number of para-hydroxylation sites is 1. The van der Waals surface area contributed by atoms with E-state index in [-0.39, 0.29) is 5.91 Å². The lowest BCUT2D eigenvalue weighted by Gasteiger charge is -2.15. The van der Waals surface area contributed by atoms with Crippen LogP contribution in [0.1, 0.15) is 25.5 Å². The second kappa shape index (κ2) is 7.78. The van der Waals surface area contributed by atoms with Gasteiger partial charge >= 0.3 is 0 Å². The molecule has 3 aromatic rings. The number of hydrogen-bond acceptors (Lipinski definition) is 4. The minimum absolute atomic E-state index is 0.0605. The third kappa shape index (κ3) is 3.41. The normalized spacial score (nSPS) is 16.1. The zero-order valence-electron chi connectivity index (χ0n) is 15.9. The van der Waals surface area contributed by atoms with E-state index in [9.17, 15) is 4.79 Å². The highest BCUT2D eigenvalue weighted by Crippen LogP contribution is 2.38. The highest BCUT2D eigenvalue weighted by molar-refractivity contribution is 8.27. The molecule has 1 aromatic heterocycles. The van der Waals surface area contributed by atoms with Crippen molar-refractivity contribution in [3.05, 3.63) is 65.2 Å². The lowest BCUT2D eigenvalue weighted by molar-refractivity contribution is -0.113. The summed E-state index contributed by atoms with van der Waals surface area (Å²) in [5.74, 6) is -0.0605. The summed E-state index contributed by atoms with van der Waals surface area (Å²) in [6.07, 6.45) is 6.11. The number of hydrogen-bond donors (Lipinski definition) is 0. The lowest BCUT2D eigenvalue weighted by Crippen LogP contribution is -2.27. The summed E-state index contributed by atoms with van der Waals surface area (Å²) in [6.45, 7) is 4.32. The zero-order valence-corrected chi connectivity index (χ0v) is 18.3. The van der Waals surface area contributed by atoms with Crippen LogP contribution in [-0.2, 0) is 4.79 Å². The van der Waals surface area contributed by atoms with Crippen LogP contribution in [0.5, 0.6) is 0 Å². The van der Waals surface area contributed by atoms with Crippen molar-refractivity contribution in [3.8, 4) is 0 Å². The molecule has 1 saturated heterocycles. The maximum absolute atomic E-state index is 13.1. The number of benzene rings is 2. The first-order chi connectivity index (χ1) is 13.5. The largest absolute Gasteiger partial charge is 0.344 e. The molecule has 1 amide bonds. The third-order valence-electron chi connectivity index (χ3n) is 4.72. The van der Waals surface area contributed by atoms with Gasteiger partial charge in [0.05, 0.1) is 10.6 Å². The van der Waals surface area contributed by atoms with E-state index in [1.807, 2.05) is 48.7 Å². The topological polar surface area (TPSA) is 25.2 Å². The standard InChI is InChI=1S/C22H20N2OS3/c1-14(2)23-13-15(18-9-4-5-10-19(18)23)11-20-21(25)24(22(26)28-20)16-7-6-8-17(12-16)27-3/h4-14H,1-3H3/b20-11+. The molecule has 3 nitrogen and oxygen atoms in total. The molecule has 0 atom stereocenters. The van der Waals surface area contributed by atoms with Gasteiger partial charge in [0.15, 0.2) is 4.32 Å². The fraction of sp³-hybridized carbons (Fsp3) is 0.182. The number of amides is 1. The molecule has 0 saturated carbocycles. The number of rotatable bonds is 4. The minimum Gasteiger partial charge on any atom is -0.344 e. The van der Waals surface area contributed by atoms with Gasteiger partial charge in [-0.25, -0.2) is 0 Å². The highest BCUT2D eigenvalue weighted by atomic mass is 32.2. The molecule has 4 rings (SSSR count). The Balaban J connectivity index is 1.75. The molecular weight excluding hydrogens is 404 g/mol. The van der Waals surface area contributed by atoms with Crippen molar-refractivity contribution in [2.45, 2.75) is 24.8 Å². The van der Waals surface area contributed by atoms with E-state index in [0.717, 1.165) is 21.5 Å². The predicted molar refractivity (Wildman–Crippen MR) is 126 cm³/mol. The van der Waals surface area contributed by atoms with Crippen molar-refractivity contribution >= 4 is 68.6 Å². The van der Waals surface area contributed by atoms with Crippen molar-refractivity contribution in [3.63, 3.8) is 0 Å². The molecule has 1 aliphatic rings. The van der Waals surface area contributed by atoms with Crippen molar-refractivity contribution in [2.75, 3.05) is 11.2 Å². The van der Waals surface area contributed by atoms with Crippen molar-refractivity contribution in [1.82, 2.24) is 4.57 Å². The molecule has 0 radical (unpaired) electrons. The summed E-state index contributed by atoms with van der Waals surface area (Å²) >= 11 is 8.54. The molecule has 0 bridgehead atoms. The van der Waals surface area contributed by atoms with E-state index in [4.69, 9.17) is 12.2 Å². The average molecular weight is 425 g/mol. The van der Waals surface area contributed by atoms with E-state index in [1.54, 1.807) is 16.7 Å². The lowest BCUT2D eigenvalue weighted by atomic mass is 10.1. The van der Waals surface area contributed by atoms with Gasteiger partial charge < -0.3 is 4.57 Å². The van der Waals surface area contributed by atoms with Crippen molar-refractivity contribution in [1.29, 1.82) is 0 Å². The van der Waals surface area contributed by atoms with Crippen LogP contribution in [0.15, 0.2) is 64.5 Å². The van der Waals surface area contributed by atoms with Gasteiger partial charge in [-0.3, -0.25) is 9.69 Å². The number of fused-ring (bicyclic) bond motifs is 1. The molecule has 2 aromatic carbocycles. The average Bonchev–Trinajstić information content (AvgIpc) is 3.20. The molecule has 2 heterocycles. The molecular formula is C22H20N2OS3. The zero-order chi connectivity index (χ0) is 19.8. The Labute approximate surface area is 178 Å². The van der Waals surface area contributed by atoms with Crippen LogP contribution in [-0.4, -0.2) is 21.1 Å². The number of carbonyl (C=O) groups is 1. The van der Waals surface area contributed by atoms with Crippen molar-refractivity contribution < 1.29 is 4.79 Å². The second-order valence-corrected chi connectivity index (χ2v) is 9.38. The van der Waals surface area contributed by atoms with Gasteiger partial charge in [-0.05, 0) is 50.4 Å². The Morgan fingerprint density at radius 3 is 2.68 bits per heavy atom. The van der Waals surface area contributed by atoms with Gasteiger partial charge in [-0.1, -0.05) is 48.2 Å². The van der Waals surface area contributed by atoms with Gasteiger partial charge in [0.2, 0.25) is 0 Å². The summed E-state index contributed by atoms with van der Waals surface area (Å²) in [5.41, 5.74) is 3.04.